The molecule has 544 valence electrons. The smallest absolute Gasteiger partial charge is 0.354 e. The van der Waals surface area contributed by atoms with Crippen LogP contribution >= 0.6 is 23.2 Å². The molecular formula is C88H90Cl2N14O3. The molecule has 11 aromatic rings. The topological polar surface area (TPSA) is 183 Å². The zero-order valence-electron chi connectivity index (χ0n) is 60.7. The Morgan fingerprint density at radius 3 is 1.16 bits per heavy atom. The highest BCUT2D eigenvalue weighted by Gasteiger charge is 2.55. The fraction of sp³-hybridized carbons (Fsp3) is 0.341. The maximum Gasteiger partial charge on any atom is 0.354 e. The van der Waals surface area contributed by atoms with E-state index in [4.69, 9.17) is 47.2 Å². The van der Waals surface area contributed by atoms with Crippen molar-refractivity contribution in [3.63, 3.8) is 0 Å². The molecule has 7 aromatic carbocycles. The van der Waals surface area contributed by atoms with E-state index in [0.717, 1.165) is 28.8 Å². The van der Waals surface area contributed by atoms with Crippen LogP contribution in [-0.2, 0) is 25.9 Å². The van der Waals surface area contributed by atoms with Crippen molar-refractivity contribution in [3.05, 3.63) is 302 Å². The number of nitrogens with zero attached hydrogens (tertiary/aromatic N) is 11. The van der Waals surface area contributed by atoms with Gasteiger partial charge in [0.05, 0.1) is 47.0 Å². The molecule has 0 radical (unpaired) electrons. The number of imidazole rings is 2. The van der Waals surface area contributed by atoms with Crippen molar-refractivity contribution in [1.82, 2.24) is 39.4 Å². The van der Waals surface area contributed by atoms with Crippen molar-refractivity contribution in [3.8, 4) is 0 Å². The monoisotopic (exact) mass is 1460 g/mol. The first-order valence-electron chi connectivity index (χ1n) is 37.5. The fourth-order valence-corrected chi connectivity index (χ4v) is 18.1. The van der Waals surface area contributed by atoms with Gasteiger partial charge in [-0.05, 0) is 163 Å². The predicted molar refractivity (Wildman–Crippen MR) is 426 cm³/mol. The highest BCUT2D eigenvalue weighted by Crippen LogP contribution is 2.59. The van der Waals surface area contributed by atoms with Crippen LogP contribution < -0.4 is 31.1 Å². The van der Waals surface area contributed by atoms with Gasteiger partial charge in [-0.15, -0.1) is 0 Å². The molecule has 19 rings (SSSR count). The third kappa shape index (κ3) is 15.5. The summed E-state index contributed by atoms with van der Waals surface area (Å²) < 4.78 is 3.06. The molecule has 4 aliphatic heterocycles. The van der Waals surface area contributed by atoms with Gasteiger partial charge >= 0.3 is 5.97 Å². The minimum Gasteiger partial charge on any atom is -0.477 e. The Labute approximate surface area is 636 Å². The number of nitrogens with one attached hydrogen (secondary N) is 2. The van der Waals surface area contributed by atoms with Crippen LogP contribution in [0.1, 0.15) is 155 Å². The number of rotatable bonds is 14. The summed E-state index contributed by atoms with van der Waals surface area (Å²) in [5, 5.41) is 16.3. The first-order chi connectivity index (χ1) is 52.0. The molecule has 0 atom stereocenters. The molecule has 107 heavy (non-hydrogen) atoms. The number of benzene rings is 7. The summed E-state index contributed by atoms with van der Waals surface area (Å²) in [5.41, 5.74) is 23.4. The minimum absolute atomic E-state index is 0.127. The molecule has 4 aromatic heterocycles. The van der Waals surface area contributed by atoms with Crippen LogP contribution in [0, 0.1) is 34.8 Å². The Hall–Kier alpha value is -10.4. The number of anilines is 3. The molecule has 0 unspecified atom stereocenters. The predicted octanol–water partition coefficient (Wildman–Crippen LogP) is 17.8. The summed E-state index contributed by atoms with van der Waals surface area (Å²) in [6.07, 6.45) is 17.8. The number of carboxylic acids is 1. The number of hydrogen-bond acceptors (Lipinski definition) is 11. The minimum atomic E-state index is -1.02. The van der Waals surface area contributed by atoms with Crippen molar-refractivity contribution < 1.29 is 14.7 Å². The maximum absolute atomic E-state index is 13.0. The molecule has 8 heterocycles. The highest BCUT2D eigenvalue weighted by atomic mass is 35.5. The van der Waals surface area contributed by atoms with Gasteiger partial charge in [-0.25, -0.2) is 34.4 Å². The van der Waals surface area contributed by atoms with E-state index < -0.39 is 5.97 Å². The van der Waals surface area contributed by atoms with E-state index in [1.807, 2.05) is 38.1 Å². The molecule has 1 amide bonds. The van der Waals surface area contributed by atoms with Crippen molar-refractivity contribution in [2.45, 2.75) is 115 Å². The summed E-state index contributed by atoms with van der Waals surface area (Å²) in [6, 6.07) is 66.1. The number of halogens is 2. The normalized spacial score (nSPS) is 19.5. The Balaban J connectivity index is 0.000000111. The number of carbonyl (C=O) groups is 2. The lowest BCUT2D eigenvalue weighted by atomic mass is 9.56. The molecule has 8 fully saturated rings. The van der Waals surface area contributed by atoms with Crippen LogP contribution in [-0.4, -0.2) is 98.1 Å². The van der Waals surface area contributed by atoms with Gasteiger partial charge < -0.3 is 36.2 Å². The molecule has 19 heteroatoms. The van der Waals surface area contributed by atoms with Gasteiger partial charge in [0.2, 0.25) is 11.6 Å². The van der Waals surface area contributed by atoms with Crippen LogP contribution in [0.2, 0.25) is 10.0 Å². The second-order valence-corrected chi connectivity index (χ2v) is 32.0. The molecule has 4 saturated carbocycles. The van der Waals surface area contributed by atoms with E-state index in [2.05, 4.69) is 219 Å². The number of carbonyl (C=O) groups excluding carboxylic acids is 1. The van der Waals surface area contributed by atoms with Crippen molar-refractivity contribution in [2.75, 3.05) is 67.1 Å². The van der Waals surface area contributed by atoms with Crippen molar-refractivity contribution in [2.24, 2.45) is 27.4 Å². The Bertz CT molecular complexity index is 5010. The van der Waals surface area contributed by atoms with Crippen molar-refractivity contribution in [1.29, 1.82) is 0 Å². The largest absolute Gasteiger partial charge is 0.477 e. The molecule has 8 aliphatic rings. The Morgan fingerprint density at radius 2 is 0.832 bits per heavy atom. The zero-order chi connectivity index (χ0) is 73.9. The number of fused-ring (bicyclic) bond motifs is 2. The summed E-state index contributed by atoms with van der Waals surface area (Å²) in [7, 11) is 0. The summed E-state index contributed by atoms with van der Waals surface area (Å²) in [6.45, 7) is 28.5. The Kier molecular flexibility index (Phi) is 20.8. The number of carboxylic acid groups (broad SMARTS) is 1. The summed E-state index contributed by atoms with van der Waals surface area (Å²) in [4.78, 5) is 55.1. The number of hydrogen-bond donors (Lipinski definition) is 4. The van der Waals surface area contributed by atoms with E-state index in [0.29, 0.717) is 98.1 Å². The van der Waals surface area contributed by atoms with Gasteiger partial charge in [-0.2, -0.15) is 0 Å². The number of para-hydroxylation sites is 3. The van der Waals surface area contributed by atoms with Crippen LogP contribution in [0.15, 0.2) is 213 Å². The fourth-order valence-electron chi connectivity index (χ4n) is 17.8. The number of aromatic nitrogens is 6. The third-order valence-corrected chi connectivity index (χ3v) is 24.1. The van der Waals surface area contributed by atoms with Gasteiger partial charge in [-0.1, -0.05) is 189 Å². The number of aromatic carboxylic acids is 1. The first-order valence-corrected chi connectivity index (χ1v) is 38.3. The molecule has 0 bridgehead atoms. The van der Waals surface area contributed by atoms with E-state index in [1.54, 1.807) is 16.8 Å². The molecule has 4 aliphatic carbocycles. The molecule has 5 N–H and O–H groups in total. The van der Waals surface area contributed by atoms with Crippen LogP contribution in [0.4, 0.5) is 28.4 Å². The van der Waals surface area contributed by atoms with Gasteiger partial charge in [-0.3, -0.25) is 13.6 Å². The van der Waals surface area contributed by atoms with Crippen LogP contribution in [0.25, 0.3) is 21.2 Å². The maximum atomic E-state index is 13.0. The first kappa shape index (κ1) is 72.2. The zero-order valence-corrected chi connectivity index (χ0v) is 62.2. The van der Waals surface area contributed by atoms with Gasteiger partial charge in [0.15, 0.2) is 17.1 Å². The standard InChI is InChI=1S/C28H28ClN5O.C19H18N2.C19H22N2.C13H14N2.C9H8ClN3O2/c1-2-24-25(34-16-22(29)15-31-27(34)32-24)26(35)30-14-19-8-10-20(11-9-19)21-12-28(13-21)17-33(18-28)23-6-4-3-5-7-23;1-20-17-9-7-15(8-10-17)16-11-19(12-16)13-21(14-19)18-5-3-2-4-6-18;20-12-15-6-8-16(9-7-15)17-10-19(11-17)13-21(14-19)18-4-2-1-3-5-18;1-14-12-4-2-10(3-5-12)11-6-13(7-11)8-15-9-13;1-2-6-7(8(14)15)13-4-5(10)3-11-9(13)12-6/h3-11,15-16,21H,2,12-14,17-18H2,1H3,(H,30,35);2-10,16H,11-14H2;1-9,17H,10-14,20H2;2-5,11,15H,6-9H2;3-4H,2H2,1H3,(H,14,15). The van der Waals surface area contributed by atoms with E-state index in [1.165, 1.54) is 165 Å². The lowest BCUT2D eigenvalue weighted by molar-refractivity contribution is 0.0363. The summed E-state index contributed by atoms with van der Waals surface area (Å²) >= 11 is 11.8. The molecular weight excluding hydrogens is 1370 g/mol. The number of nitrogens with two attached hydrogens (primary N) is 1. The summed E-state index contributed by atoms with van der Waals surface area (Å²) in [5.74, 6) is 2.48. The number of aryl methyl sites for hydroxylation is 2. The SMILES string of the molecule is CCc1nc2ncc(Cl)cn2c1C(=O)NCc1ccc(C2CC3(C2)CN(c2ccccc2)C3)cc1.CCc1nc2ncc(Cl)cn2c1C(=O)O.NCc1ccc(C2CC3(C2)CN(c2ccccc2)C3)cc1.[C-]#[N+]c1ccc(C2CC3(C2)CN(c2ccccc2)C3)cc1.[C-]#[N+]c1ccc(C2CC3(CNC3)C2)cc1. The molecule has 4 saturated heterocycles. The number of amides is 1. The van der Waals surface area contributed by atoms with Gasteiger partial charge in [0, 0.05) is 111 Å². The third-order valence-electron chi connectivity index (χ3n) is 23.7. The van der Waals surface area contributed by atoms with Gasteiger partial charge in [0.1, 0.15) is 5.69 Å². The molecule has 17 nitrogen and oxygen atoms in total. The van der Waals surface area contributed by atoms with Gasteiger partial charge in [0.25, 0.3) is 5.91 Å². The lowest BCUT2D eigenvalue weighted by Crippen LogP contribution is -2.61. The second-order valence-electron chi connectivity index (χ2n) is 31.1. The van der Waals surface area contributed by atoms with E-state index in [9.17, 15) is 9.59 Å². The Morgan fingerprint density at radius 1 is 0.495 bits per heavy atom. The highest BCUT2D eigenvalue weighted by molar-refractivity contribution is 6.30. The van der Waals surface area contributed by atoms with Crippen LogP contribution in [0.3, 0.4) is 0 Å². The van der Waals surface area contributed by atoms with E-state index >= 15 is 0 Å². The second kappa shape index (κ2) is 30.8. The lowest BCUT2D eigenvalue weighted by Gasteiger charge is -2.60. The van der Waals surface area contributed by atoms with Crippen molar-refractivity contribution >= 4 is 75.1 Å². The molecule has 4 spiro atoms. The average molecular weight is 1460 g/mol. The van der Waals surface area contributed by atoms with Crippen LogP contribution in [0.5, 0.6) is 0 Å². The average Bonchev–Trinajstić information content (AvgIpc) is 1.55. The quantitative estimate of drug-likeness (QED) is 0.0757. The van der Waals surface area contributed by atoms with E-state index in [-0.39, 0.29) is 11.6 Å².